The van der Waals surface area contributed by atoms with Crippen LogP contribution in [0.3, 0.4) is 0 Å². The van der Waals surface area contributed by atoms with E-state index in [1.165, 1.54) is 0 Å². The van der Waals surface area contributed by atoms with Gasteiger partial charge in [0.15, 0.2) is 0 Å². The van der Waals surface area contributed by atoms with Crippen LogP contribution >= 0.6 is 0 Å². The summed E-state index contributed by atoms with van der Waals surface area (Å²) in [6.07, 6.45) is 6.59. The van der Waals surface area contributed by atoms with E-state index in [1.54, 1.807) is 0 Å². The fraction of sp³-hybridized carbons (Fsp3) is 0.619. The predicted octanol–water partition coefficient (Wildman–Crippen LogP) is 2.68. The third kappa shape index (κ3) is 4.87. The van der Waals surface area contributed by atoms with Crippen LogP contribution in [0, 0.1) is 0 Å². The molecule has 0 radical (unpaired) electrons. The molecular formula is C21H30N2O4. The number of benzene rings is 1. The molecule has 6 nitrogen and oxygen atoms in total. The highest BCUT2D eigenvalue weighted by atomic mass is 16.5. The van der Waals surface area contributed by atoms with Crippen LogP contribution in [0.5, 0.6) is 0 Å². The van der Waals surface area contributed by atoms with Crippen molar-refractivity contribution in [1.82, 2.24) is 10.2 Å². The van der Waals surface area contributed by atoms with Gasteiger partial charge in [-0.3, -0.25) is 9.59 Å². The maximum atomic E-state index is 12.9. The number of carboxylic acids is 1. The lowest BCUT2D eigenvalue weighted by atomic mass is 9.80. The van der Waals surface area contributed by atoms with Gasteiger partial charge in [-0.05, 0) is 57.7 Å². The van der Waals surface area contributed by atoms with E-state index in [9.17, 15) is 4.79 Å². The summed E-state index contributed by atoms with van der Waals surface area (Å²) in [5, 5.41) is 10.8. The van der Waals surface area contributed by atoms with Gasteiger partial charge in [0, 0.05) is 18.5 Å². The van der Waals surface area contributed by atoms with E-state index < -0.39 is 5.97 Å². The number of carbonyl (C=O) groups excluding carboxylic acids is 1. The molecule has 0 bridgehead atoms. The van der Waals surface area contributed by atoms with Crippen molar-refractivity contribution in [3.8, 4) is 0 Å². The molecule has 3 aliphatic rings. The van der Waals surface area contributed by atoms with Gasteiger partial charge in [0.25, 0.3) is 11.9 Å². The second-order valence-corrected chi connectivity index (χ2v) is 8.08. The van der Waals surface area contributed by atoms with E-state index in [4.69, 9.17) is 14.6 Å². The fourth-order valence-corrected chi connectivity index (χ4v) is 4.27. The number of rotatable bonds is 2. The monoisotopic (exact) mass is 374 g/mol. The van der Waals surface area contributed by atoms with Crippen LogP contribution in [0.2, 0.25) is 0 Å². The Morgan fingerprint density at radius 3 is 2.07 bits per heavy atom. The topological polar surface area (TPSA) is 78.9 Å². The minimum Gasteiger partial charge on any atom is -0.481 e. The molecule has 1 aliphatic heterocycles. The summed E-state index contributed by atoms with van der Waals surface area (Å²) >= 11 is 0. The Morgan fingerprint density at radius 1 is 1.07 bits per heavy atom. The first-order chi connectivity index (χ1) is 12.9. The molecule has 1 aromatic carbocycles. The van der Waals surface area contributed by atoms with Crippen molar-refractivity contribution in [2.24, 2.45) is 0 Å². The Bertz CT molecular complexity index is 660. The number of ether oxygens (including phenoxy) is 1. The van der Waals surface area contributed by atoms with E-state index in [0.29, 0.717) is 6.04 Å². The summed E-state index contributed by atoms with van der Waals surface area (Å²) in [5.41, 5.74) is 0.631. The van der Waals surface area contributed by atoms with E-state index in [2.05, 4.69) is 10.2 Å². The maximum Gasteiger partial charge on any atom is 0.300 e. The fourth-order valence-electron chi connectivity index (χ4n) is 4.27. The molecule has 0 atom stereocenters. The Kier molecular flexibility index (Phi) is 5.86. The molecule has 4 rings (SSSR count). The standard InChI is InChI=1S/C19H26N2O2.C2H4O2/c1-20-16-7-9-18(10-8-16)13-21(14-19(23-18)11-12-19)17(22)15-5-3-2-4-6-15;1-2(3)4/h2-6,16,20H,7-14H2,1H3;1H3,(H,3,4). The number of nitrogens with zero attached hydrogens (tertiary/aromatic N) is 1. The Labute approximate surface area is 160 Å². The van der Waals surface area contributed by atoms with Crippen LogP contribution < -0.4 is 5.32 Å². The Balaban J connectivity index is 0.000000481. The van der Waals surface area contributed by atoms with E-state index >= 15 is 0 Å². The molecule has 1 saturated heterocycles. The van der Waals surface area contributed by atoms with Gasteiger partial charge in [0.05, 0.1) is 24.3 Å². The minimum atomic E-state index is -0.833. The highest BCUT2D eigenvalue weighted by molar-refractivity contribution is 5.94. The van der Waals surface area contributed by atoms with Crippen LogP contribution in [0.15, 0.2) is 30.3 Å². The quantitative estimate of drug-likeness (QED) is 0.832. The van der Waals surface area contributed by atoms with E-state index in [1.807, 2.05) is 37.4 Å². The number of hydrogen-bond acceptors (Lipinski definition) is 4. The average molecular weight is 374 g/mol. The van der Waals surface area contributed by atoms with Crippen LogP contribution in [-0.2, 0) is 9.53 Å². The first kappa shape index (κ1) is 19.8. The van der Waals surface area contributed by atoms with Gasteiger partial charge < -0.3 is 20.1 Å². The largest absolute Gasteiger partial charge is 0.481 e. The number of carbonyl (C=O) groups is 2. The van der Waals surface area contributed by atoms with Gasteiger partial charge in [-0.25, -0.2) is 0 Å². The summed E-state index contributed by atoms with van der Waals surface area (Å²) in [5.74, 6) is -0.671. The molecule has 3 fully saturated rings. The Hall–Kier alpha value is -1.92. The van der Waals surface area contributed by atoms with Crippen LogP contribution in [0.1, 0.15) is 55.8 Å². The molecule has 27 heavy (non-hydrogen) atoms. The van der Waals surface area contributed by atoms with Crippen LogP contribution in [0.4, 0.5) is 0 Å². The van der Waals surface area contributed by atoms with Crippen LogP contribution in [-0.4, -0.2) is 59.3 Å². The molecule has 6 heteroatoms. The number of amides is 1. The van der Waals surface area contributed by atoms with Crippen molar-refractivity contribution in [2.75, 3.05) is 20.1 Å². The molecule has 0 unspecified atom stereocenters. The number of hydrogen-bond donors (Lipinski definition) is 2. The lowest BCUT2D eigenvalue weighted by molar-refractivity contribution is -0.175. The first-order valence-electron chi connectivity index (χ1n) is 9.78. The van der Waals surface area contributed by atoms with Gasteiger partial charge >= 0.3 is 0 Å². The summed E-state index contributed by atoms with van der Waals surface area (Å²) < 4.78 is 6.60. The molecule has 148 valence electrons. The molecule has 2 spiro atoms. The summed E-state index contributed by atoms with van der Waals surface area (Å²) in [7, 11) is 2.04. The summed E-state index contributed by atoms with van der Waals surface area (Å²) in [4.78, 5) is 24.0. The van der Waals surface area contributed by atoms with Crippen molar-refractivity contribution in [3.63, 3.8) is 0 Å². The van der Waals surface area contributed by atoms with Crippen molar-refractivity contribution in [3.05, 3.63) is 35.9 Å². The second kappa shape index (κ2) is 7.98. The summed E-state index contributed by atoms with van der Waals surface area (Å²) in [6, 6.07) is 10.3. The maximum absolute atomic E-state index is 12.9. The Morgan fingerprint density at radius 2 is 1.59 bits per heavy atom. The zero-order chi connectivity index (χ0) is 19.5. The smallest absolute Gasteiger partial charge is 0.300 e. The molecule has 1 heterocycles. The molecule has 1 amide bonds. The highest BCUT2D eigenvalue weighted by Crippen LogP contribution is 2.50. The summed E-state index contributed by atoms with van der Waals surface area (Å²) in [6.45, 7) is 2.59. The molecule has 2 aliphatic carbocycles. The lowest BCUT2D eigenvalue weighted by Gasteiger charge is -2.50. The second-order valence-electron chi connectivity index (χ2n) is 8.08. The molecule has 2 N–H and O–H groups in total. The normalized spacial score (nSPS) is 28.4. The number of aliphatic carboxylic acids is 1. The van der Waals surface area contributed by atoms with Crippen molar-refractivity contribution in [1.29, 1.82) is 0 Å². The minimum absolute atomic E-state index is 0.0465. The molecule has 2 saturated carbocycles. The van der Waals surface area contributed by atoms with Gasteiger partial charge in [-0.2, -0.15) is 0 Å². The average Bonchev–Trinajstić information content (AvgIpc) is 3.39. The van der Waals surface area contributed by atoms with Gasteiger partial charge in [-0.15, -0.1) is 0 Å². The first-order valence-corrected chi connectivity index (χ1v) is 9.78. The van der Waals surface area contributed by atoms with Crippen molar-refractivity contribution < 1.29 is 19.4 Å². The van der Waals surface area contributed by atoms with Gasteiger partial charge in [-0.1, -0.05) is 18.2 Å². The van der Waals surface area contributed by atoms with E-state index in [0.717, 1.165) is 64.1 Å². The number of carboxylic acid groups (broad SMARTS) is 1. The van der Waals surface area contributed by atoms with Crippen LogP contribution in [0.25, 0.3) is 0 Å². The zero-order valence-corrected chi connectivity index (χ0v) is 16.2. The molecular weight excluding hydrogens is 344 g/mol. The molecule has 0 aromatic heterocycles. The van der Waals surface area contributed by atoms with Crippen molar-refractivity contribution in [2.45, 2.75) is 62.7 Å². The highest BCUT2D eigenvalue weighted by Gasteiger charge is 2.56. The predicted molar refractivity (Wildman–Crippen MR) is 103 cm³/mol. The molecule has 1 aromatic rings. The third-order valence-corrected chi connectivity index (χ3v) is 5.81. The van der Waals surface area contributed by atoms with Gasteiger partial charge in [0.1, 0.15) is 0 Å². The third-order valence-electron chi connectivity index (χ3n) is 5.81. The zero-order valence-electron chi connectivity index (χ0n) is 16.2. The lowest BCUT2D eigenvalue weighted by Crippen LogP contribution is -2.60. The van der Waals surface area contributed by atoms with Crippen molar-refractivity contribution >= 4 is 11.9 Å². The SMILES string of the molecule is CC(=O)O.CNC1CCC2(CC1)CN(C(=O)c1ccccc1)CC1(CC1)O2. The van der Waals surface area contributed by atoms with E-state index in [-0.39, 0.29) is 17.1 Å². The van der Waals surface area contributed by atoms with Gasteiger partial charge in [0.2, 0.25) is 0 Å². The number of nitrogens with one attached hydrogen (secondary N) is 1. The number of morpholine rings is 1.